The van der Waals surface area contributed by atoms with Crippen molar-refractivity contribution in [2.75, 3.05) is 13.2 Å². The number of aliphatic imine (C=N–C) groups is 1. The summed E-state index contributed by atoms with van der Waals surface area (Å²) in [7, 11) is 0. The van der Waals surface area contributed by atoms with Crippen LogP contribution in [0.25, 0.3) is 0 Å². The quantitative estimate of drug-likeness (QED) is 0.632. The smallest absolute Gasteiger partial charge is 0.210 e. The molecule has 0 atom stereocenters. The van der Waals surface area contributed by atoms with Crippen LogP contribution >= 0.6 is 0 Å². The second kappa shape index (κ2) is 2.57. The van der Waals surface area contributed by atoms with Gasteiger partial charge in [0.15, 0.2) is 0 Å². The van der Waals surface area contributed by atoms with E-state index >= 15 is 0 Å². The third-order valence-corrected chi connectivity index (χ3v) is 1.95. The molecule has 1 aliphatic carbocycles. The first-order chi connectivity index (χ1) is 5.36. The van der Waals surface area contributed by atoms with Crippen LogP contribution in [0, 0.1) is 5.92 Å². The van der Waals surface area contributed by atoms with Gasteiger partial charge in [0, 0.05) is 11.8 Å². The molecule has 1 fully saturated rings. The molecule has 2 aliphatic rings. The van der Waals surface area contributed by atoms with Gasteiger partial charge in [-0.1, -0.05) is 0 Å². The molecule has 3 heteroatoms. The van der Waals surface area contributed by atoms with Gasteiger partial charge < -0.3 is 10.5 Å². The molecule has 3 nitrogen and oxygen atoms in total. The molecule has 1 heterocycles. The second-order valence-corrected chi connectivity index (χ2v) is 2.99. The van der Waals surface area contributed by atoms with Gasteiger partial charge in [-0.15, -0.1) is 0 Å². The second-order valence-electron chi connectivity index (χ2n) is 2.99. The number of nitrogens with zero attached hydrogens (tertiary/aromatic N) is 1. The van der Waals surface area contributed by atoms with Gasteiger partial charge in [-0.2, -0.15) is 0 Å². The summed E-state index contributed by atoms with van der Waals surface area (Å²) in [5.74, 6) is 1.33. The monoisotopic (exact) mass is 152 g/mol. The number of hydrogen-bond acceptors (Lipinski definition) is 3. The molecule has 0 unspecified atom stereocenters. The Bertz CT molecular complexity index is 216. The van der Waals surface area contributed by atoms with Crippen LogP contribution in [0.4, 0.5) is 0 Å². The van der Waals surface area contributed by atoms with Gasteiger partial charge in [0.2, 0.25) is 5.90 Å². The standard InChI is InChI=1S/C8H12N2O/c9-7(6-1-2-6)5-8-10-3-4-11-8/h5-6H,1-4,9H2/b7-5-. The third-order valence-electron chi connectivity index (χ3n) is 1.95. The lowest BCUT2D eigenvalue weighted by Gasteiger charge is -1.97. The van der Waals surface area contributed by atoms with E-state index in [9.17, 15) is 0 Å². The first kappa shape index (κ1) is 6.70. The summed E-state index contributed by atoms with van der Waals surface area (Å²) in [5, 5.41) is 0. The molecule has 0 amide bonds. The minimum Gasteiger partial charge on any atom is -0.476 e. The van der Waals surface area contributed by atoms with Gasteiger partial charge in [0.25, 0.3) is 0 Å². The van der Waals surface area contributed by atoms with Gasteiger partial charge in [0.1, 0.15) is 6.61 Å². The van der Waals surface area contributed by atoms with Gasteiger partial charge >= 0.3 is 0 Å². The molecule has 0 aromatic heterocycles. The molecule has 0 aromatic rings. The van der Waals surface area contributed by atoms with E-state index in [4.69, 9.17) is 10.5 Å². The summed E-state index contributed by atoms with van der Waals surface area (Å²) in [5.41, 5.74) is 6.69. The SMILES string of the molecule is N/C(=C\C1=NCCO1)C1CC1. The highest BCUT2D eigenvalue weighted by molar-refractivity contribution is 5.89. The lowest BCUT2D eigenvalue weighted by molar-refractivity contribution is 0.349. The van der Waals surface area contributed by atoms with E-state index in [-0.39, 0.29) is 0 Å². The molecule has 60 valence electrons. The average molecular weight is 152 g/mol. The van der Waals surface area contributed by atoms with E-state index in [1.54, 1.807) is 0 Å². The maximum absolute atomic E-state index is 5.76. The minimum atomic E-state index is 0.613. The zero-order chi connectivity index (χ0) is 7.68. The maximum atomic E-state index is 5.76. The Kier molecular flexibility index (Phi) is 1.56. The number of rotatable bonds is 2. The molecule has 1 saturated carbocycles. The fraction of sp³-hybridized carbons (Fsp3) is 0.625. The van der Waals surface area contributed by atoms with Crippen molar-refractivity contribution in [2.24, 2.45) is 16.6 Å². The molecule has 11 heavy (non-hydrogen) atoms. The molecule has 0 saturated heterocycles. The summed E-state index contributed by atoms with van der Waals surface area (Å²) in [6.07, 6.45) is 4.33. The van der Waals surface area contributed by atoms with E-state index in [0.717, 1.165) is 18.1 Å². The third kappa shape index (κ3) is 1.53. The number of allylic oxidation sites excluding steroid dienone is 1. The summed E-state index contributed by atoms with van der Waals surface area (Å²) in [6.45, 7) is 1.49. The summed E-state index contributed by atoms with van der Waals surface area (Å²) < 4.78 is 5.20. The Balaban J connectivity index is 1.99. The fourth-order valence-electron chi connectivity index (χ4n) is 1.12. The molecule has 2 rings (SSSR count). The predicted molar refractivity (Wildman–Crippen MR) is 43.2 cm³/mol. The van der Waals surface area contributed by atoms with Gasteiger partial charge in [0.05, 0.1) is 6.54 Å². The van der Waals surface area contributed by atoms with Crippen molar-refractivity contribution in [3.63, 3.8) is 0 Å². The summed E-state index contributed by atoms with van der Waals surface area (Å²) in [4.78, 5) is 4.12. The van der Waals surface area contributed by atoms with E-state index in [1.807, 2.05) is 6.08 Å². The predicted octanol–water partition coefficient (Wildman–Crippen LogP) is 0.668. The largest absolute Gasteiger partial charge is 0.476 e. The molecular weight excluding hydrogens is 140 g/mol. The molecule has 2 N–H and O–H groups in total. The Morgan fingerprint density at radius 1 is 1.64 bits per heavy atom. The minimum absolute atomic E-state index is 0.613. The van der Waals surface area contributed by atoms with Gasteiger partial charge in [-0.3, -0.25) is 0 Å². The number of nitrogens with two attached hydrogens (primary N) is 1. The zero-order valence-corrected chi connectivity index (χ0v) is 6.42. The van der Waals surface area contributed by atoms with Crippen molar-refractivity contribution in [3.8, 4) is 0 Å². The van der Waals surface area contributed by atoms with Crippen molar-refractivity contribution < 1.29 is 4.74 Å². The van der Waals surface area contributed by atoms with Crippen LogP contribution < -0.4 is 5.73 Å². The number of ether oxygens (including phenoxy) is 1. The van der Waals surface area contributed by atoms with Crippen LogP contribution in [-0.2, 0) is 4.74 Å². The highest BCUT2D eigenvalue weighted by Gasteiger charge is 2.24. The van der Waals surface area contributed by atoms with Crippen molar-refractivity contribution in [3.05, 3.63) is 11.8 Å². The van der Waals surface area contributed by atoms with Gasteiger partial charge in [-0.05, 0) is 18.8 Å². The van der Waals surface area contributed by atoms with Crippen molar-refractivity contribution in [1.29, 1.82) is 0 Å². The molecule has 0 aromatic carbocycles. The first-order valence-electron chi connectivity index (χ1n) is 4.00. The highest BCUT2D eigenvalue weighted by atomic mass is 16.5. The molecule has 0 bridgehead atoms. The van der Waals surface area contributed by atoms with E-state index in [0.29, 0.717) is 12.5 Å². The fourth-order valence-corrected chi connectivity index (χ4v) is 1.12. The molecule has 0 radical (unpaired) electrons. The van der Waals surface area contributed by atoms with E-state index in [2.05, 4.69) is 4.99 Å². The van der Waals surface area contributed by atoms with Crippen LogP contribution in [0.1, 0.15) is 12.8 Å². The van der Waals surface area contributed by atoms with Crippen LogP contribution in [-0.4, -0.2) is 19.0 Å². The van der Waals surface area contributed by atoms with Crippen LogP contribution in [0.3, 0.4) is 0 Å². The van der Waals surface area contributed by atoms with Crippen molar-refractivity contribution in [2.45, 2.75) is 12.8 Å². The topological polar surface area (TPSA) is 47.6 Å². The van der Waals surface area contributed by atoms with E-state index < -0.39 is 0 Å². The Hall–Kier alpha value is -0.990. The lowest BCUT2D eigenvalue weighted by Crippen LogP contribution is -2.04. The average Bonchev–Trinajstić information content (AvgIpc) is 2.73. The molecular formula is C8H12N2O. The Morgan fingerprint density at radius 3 is 3.00 bits per heavy atom. The number of hydrogen-bond donors (Lipinski definition) is 1. The Labute approximate surface area is 65.9 Å². The van der Waals surface area contributed by atoms with E-state index in [1.165, 1.54) is 12.8 Å². The van der Waals surface area contributed by atoms with Gasteiger partial charge in [-0.25, -0.2) is 4.99 Å². The normalized spacial score (nSPS) is 24.7. The summed E-state index contributed by atoms with van der Waals surface area (Å²) >= 11 is 0. The summed E-state index contributed by atoms with van der Waals surface area (Å²) in [6, 6.07) is 0. The van der Waals surface area contributed by atoms with Crippen LogP contribution in [0.15, 0.2) is 16.8 Å². The first-order valence-corrected chi connectivity index (χ1v) is 4.00. The Morgan fingerprint density at radius 2 is 2.45 bits per heavy atom. The zero-order valence-electron chi connectivity index (χ0n) is 6.42. The van der Waals surface area contributed by atoms with Crippen LogP contribution in [0.5, 0.6) is 0 Å². The van der Waals surface area contributed by atoms with Crippen LogP contribution in [0.2, 0.25) is 0 Å². The highest BCUT2D eigenvalue weighted by Crippen LogP contribution is 2.33. The maximum Gasteiger partial charge on any atom is 0.210 e. The van der Waals surface area contributed by atoms with Crippen molar-refractivity contribution >= 4 is 5.90 Å². The lowest BCUT2D eigenvalue weighted by atomic mass is 10.3. The molecule has 0 spiro atoms. The molecule has 1 aliphatic heterocycles. The van der Waals surface area contributed by atoms with Crippen molar-refractivity contribution in [1.82, 2.24) is 0 Å².